The largest absolute Gasteiger partial charge is 0.477 e. The maximum Gasteiger partial charge on any atom is 0.341 e. The Morgan fingerprint density at radius 3 is 2.70 bits per heavy atom. The molecule has 1 aromatic heterocycles. The monoisotopic (exact) mass is 438 g/mol. The smallest absolute Gasteiger partial charge is 0.341 e. The zero-order chi connectivity index (χ0) is 20.9. The van der Waals surface area contributed by atoms with Crippen molar-refractivity contribution in [3.8, 4) is 0 Å². The molecule has 1 saturated carbocycles. The van der Waals surface area contributed by atoms with Gasteiger partial charge in [0.2, 0.25) is 5.43 Å². The van der Waals surface area contributed by atoms with Crippen LogP contribution in [0.2, 0.25) is 0 Å². The molecule has 1 aromatic carbocycles. The number of benzene rings is 1. The predicted molar refractivity (Wildman–Crippen MR) is 114 cm³/mol. The number of halogens is 2. The van der Waals surface area contributed by atoms with Gasteiger partial charge in [-0.05, 0) is 31.5 Å². The van der Waals surface area contributed by atoms with Crippen LogP contribution in [0.1, 0.15) is 42.6 Å². The molecule has 4 rings (SSSR count). The van der Waals surface area contributed by atoms with Gasteiger partial charge in [-0.3, -0.25) is 4.79 Å². The number of hydrogen-bond donors (Lipinski definition) is 2. The van der Waals surface area contributed by atoms with E-state index in [1.807, 2.05) is 6.92 Å². The Hall–Kier alpha value is -2.65. The Kier molecular flexibility index (Phi) is 5.79. The van der Waals surface area contributed by atoms with Crippen molar-refractivity contribution >= 4 is 40.8 Å². The van der Waals surface area contributed by atoms with E-state index >= 15 is 4.39 Å². The predicted octanol–water partition coefficient (Wildman–Crippen LogP) is 2.73. The molecule has 162 valence electrons. The van der Waals surface area contributed by atoms with Crippen molar-refractivity contribution in [2.45, 2.75) is 32.2 Å². The van der Waals surface area contributed by atoms with Crippen molar-refractivity contribution in [2.75, 3.05) is 25.1 Å². The average molecular weight is 439 g/mol. The Balaban J connectivity index is 0.00000256. The van der Waals surface area contributed by atoms with Crippen LogP contribution < -0.4 is 16.1 Å². The van der Waals surface area contributed by atoms with E-state index in [9.17, 15) is 14.7 Å². The lowest BCUT2D eigenvalue weighted by molar-refractivity contribution is 0.0695. The van der Waals surface area contributed by atoms with Gasteiger partial charge in [0.25, 0.3) is 0 Å². The highest BCUT2D eigenvalue weighted by Gasteiger charge is 2.39. The molecule has 8 nitrogen and oxygen atoms in total. The number of aromatic carboxylic acids is 1. The van der Waals surface area contributed by atoms with Gasteiger partial charge in [-0.1, -0.05) is 12.1 Å². The number of fused-ring (bicyclic) bond motifs is 1. The van der Waals surface area contributed by atoms with Crippen LogP contribution in [0, 0.1) is 11.2 Å². The number of nitrogens with zero attached hydrogens (tertiary/aromatic N) is 3. The number of carbonyl (C=O) groups is 1. The molecule has 30 heavy (non-hydrogen) atoms. The van der Waals surface area contributed by atoms with Gasteiger partial charge in [-0.2, -0.15) is 0 Å². The second-order valence-corrected chi connectivity index (χ2v) is 8.10. The maximum absolute atomic E-state index is 15.1. The zero-order valence-electron chi connectivity index (χ0n) is 16.7. The van der Waals surface area contributed by atoms with Gasteiger partial charge in [-0.15, -0.1) is 12.4 Å². The molecule has 2 heterocycles. The van der Waals surface area contributed by atoms with Crippen LogP contribution in [0.25, 0.3) is 10.9 Å². The third-order valence-corrected chi connectivity index (χ3v) is 5.69. The van der Waals surface area contributed by atoms with E-state index in [2.05, 4.69) is 5.16 Å². The summed E-state index contributed by atoms with van der Waals surface area (Å²) < 4.78 is 16.9. The van der Waals surface area contributed by atoms with Gasteiger partial charge in [-0.25, -0.2) is 9.18 Å². The molecular weight excluding hydrogens is 415 g/mol. The minimum absolute atomic E-state index is 0. The van der Waals surface area contributed by atoms with E-state index in [1.54, 1.807) is 15.5 Å². The first kappa shape index (κ1) is 22.0. The van der Waals surface area contributed by atoms with Crippen molar-refractivity contribution in [2.24, 2.45) is 16.3 Å². The molecule has 1 aliphatic heterocycles. The van der Waals surface area contributed by atoms with Gasteiger partial charge >= 0.3 is 5.97 Å². The fourth-order valence-electron chi connectivity index (χ4n) is 3.93. The summed E-state index contributed by atoms with van der Waals surface area (Å²) in [6.07, 6.45) is 3.66. The molecule has 1 saturated heterocycles. The lowest BCUT2D eigenvalue weighted by atomic mass is 9.90. The first-order valence-electron chi connectivity index (χ1n) is 9.47. The number of amidine groups is 1. The molecule has 1 atom stereocenters. The molecule has 0 radical (unpaired) electrons. The molecule has 1 unspecified atom stereocenters. The molecule has 2 aromatic rings. The van der Waals surface area contributed by atoms with E-state index in [-0.39, 0.29) is 40.5 Å². The highest BCUT2D eigenvalue weighted by molar-refractivity contribution is 6.02. The Morgan fingerprint density at radius 2 is 2.13 bits per heavy atom. The quantitative estimate of drug-likeness (QED) is 0.694. The minimum Gasteiger partial charge on any atom is -0.477 e. The molecular formula is C20H24ClFN4O4. The summed E-state index contributed by atoms with van der Waals surface area (Å²) in [6, 6.07) is 2.83. The number of carboxylic acids is 1. The highest BCUT2D eigenvalue weighted by atomic mass is 35.5. The van der Waals surface area contributed by atoms with Gasteiger partial charge in [0, 0.05) is 36.0 Å². The number of rotatable bonds is 5. The number of carboxylic acid groups (broad SMARTS) is 1. The SMILES string of the molecule is CON=C1CC(C)(CN)CN1c1cc2c(cc1F)c(=O)c(C(=O)O)cn2C1CC1.Cl. The summed E-state index contributed by atoms with van der Waals surface area (Å²) in [7, 11) is 1.43. The second kappa shape index (κ2) is 7.88. The molecule has 10 heteroatoms. The molecule has 2 fully saturated rings. The summed E-state index contributed by atoms with van der Waals surface area (Å²) in [4.78, 5) is 30.8. The first-order valence-corrected chi connectivity index (χ1v) is 9.47. The number of aromatic nitrogens is 1. The molecule has 0 amide bonds. The van der Waals surface area contributed by atoms with Gasteiger partial charge < -0.3 is 25.1 Å². The summed E-state index contributed by atoms with van der Waals surface area (Å²) in [5.41, 5.74) is 5.36. The molecule has 3 N–H and O–H groups in total. The van der Waals surface area contributed by atoms with Crippen LogP contribution in [0.5, 0.6) is 0 Å². The first-order chi connectivity index (χ1) is 13.8. The maximum atomic E-state index is 15.1. The van der Waals surface area contributed by atoms with Gasteiger partial charge in [0.1, 0.15) is 24.3 Å². The van der Waals surface area contributed by atoms with Crippen LogP contribution >= 0.6 is 12.4 Å². The van der Waals surface area contributed by atoms with Crippen LogP contribution in [0.15, 0.2) is 28.3 Å². The van der Waals surface area contributed by atoms with Gasteiger partial charge in [0.05, 0.1) is 11.2 Å². The fraction of sp³-hybridized carbons (Fsp3) is 0.450. The highest BCUT2D eigenvalue weighted by Crippen LogP contribution is 2.40. The normalized spacial score (nSPS) is 22.4. The number of hydrogen-bond acceptors (Lipinski definition) is 5. The third kappa shape index (κ3) is 3.63. The van der Waals surface area contributed by atoms with Crippen LogP contribution in [0.4, 0.5) is 10.1 Å². The van der Waals surface area contributed by atoms with Crippen molar-refractivity contribution in [1.29, 1.82) is 0 Å². The van der Waals surface area contributed by atoms with Crippen LogP contribution in [-0.2, 0) is 4.84 Å². The van der Waals surface area contributed by atoms with Crippen LogP contribution in [0.3, 0.4) is 0 Å². The Bertz CT molecular complexity index is 1100. The topological polar surface area (TPSA) is 110 Å². The molecule has 0 spiro atoms. The Morgan fingerprint density at radius 1 is 1.43 bits per heavy atom. The zero-order valence-corrected chi connectivity index (χ0v) is 17.5. The van der Waals surface area contributed by atoms with Crippen LogP contribution in [-0.4, -0.2) is 41.7 Å². The average Bonchev–Trinajstić information content (AvgIpc) is 3.46. The summed E-state index contributed by atoms with van der Waals surface area (Å²) in [6.45, 7) is 2.85. The second-order valence-electron chi connectivity index (χ2n) is 8.10. The van der Waals surface area contributed by atoms with E-state index in [0.29, 0.717) is 30.9 Å². The minimum atomic E-state index is -1.32. The molecule has 1 aliphatic carbocycles. The molecule has 2 aliphatic rings. The van der Waals surface area contributed by atoms with Crippen molar-refractivity contribution in [1.82, 2.24) is 4.57 Å². The third-order valence-electron chi connectivity index (χ3n) is 5.69. The number of pyridine rings is 1. The van der Waals surface area contributed by atoms with E-state index in [4.69, 9.17) is 10.6 Å². The van der Waals surface area contributed by atoms with Gasteiger partial charge in [0.15, 0.2) is 0 Å². The fourth-order valence-corrected chi connectivity index (χ4v) is 3.93. The summed E-state index contributed by atoms with van der Waals surface area (Å²) in [5, 5.41) is 13.5. The van der Waals surface area contributed by atoms with Crippen molar-refractivity contribution < 1.29 is 19.1 Å². The number of oxime groups is 1. The van der Waals surface area contributed by atoms with Crippen molar-refractivity contribution in [3.63, 3.8) is 0 Å². The Labute approximate surface area is 178 Å². The van der Waals surface area contributed by atoms with E-state index in [1.165, 1.54) is 13.3 Å². The number of nitrogens with two attached hydrogens (primary N) is 1. The summed E-state index contributed by atoms with van der Waals surface area (Å²) in [5.74, 6) is -1.38. The summed E-state index contributed by atoms with van der Waals surface area (Å²) >= 11 is 0. The number of anilines is 1. The molecule has 0 bridgehead atoms. The lowest BCUT2D eigenvalue weighted by Crippen LogP contribution is -2.32. The van der Waals surface area contributed by atoms with E-state index in [0.717, 1.165) is 18.9 Å². The standard InChI is InChI=1S/C20H23FN4O4.ClH/c1-20(9-22)7-17(23-29-2)25(10-20)16-6-15-12(5-14(16)21)18(26)13(19(27)28)8-24(15)11-3-4-11;/h5-6,8,11H,3-4,7,9-10,22H2,1-2H3,(H,27,28);1H. The van der Waals surface area contributed by atoms with E-state index < -0.39 is 17.2 Å². The lowest BCUT2D eigenvalue weighted by Gasteiger charge is -2.24. The van der Waals surface area contributed by atoms with Crippen molar-refractivity contribution in [3.05, 3.63) is 39.9 Å².